The molecule has 0 bridgehead atoms. The molecule has 2 aliphatic rings. The zero-order valence-electron chi connectivity index (χ0n) is 11.6. The Morgan fingerprint density at radius 1 is 1.32 bits per heavy atom. The first-order chi connectivity index (χ1) is 9.15. The molecule has 3 N–H and O–H groups in total. The Balaban J connectivity index is 1.69. The lowest BCUT2D eigenvalue weighted by atomic mass is 10.2. The van der Waals surface area contributed by atoms with E-state index >= 15 is 0 Å². The van der Waals surface area contributed by atoms with Crippen molar-refractivity contribution in [3.63, 3.8) is 0 Å². The molecule has 0 aromatic heterocycles. The lowest BCUT2D eigenvalue weighted by molar-refractivity contribution is -0.121. The first-order valence-electron chi connectivity index (χ1n) is 7.20. The molecule has 1 aliphatic heterocycles. The first-order valence-corrected chi connectivity index (χ1v) is 7.20. The lowest BCUT2D eigenvalue weighted by Crippen LogP contribution is -2.54. The molecule has 108 valence electrons. The van der Waals surface area contributed by atoms with Gasteiger partial charge >= 0.3 is 6.03 Å². The third-order valence-electron chi connectivity index (χ3n) is 3.93. The van der Waals surface area contributed by atoms with Gasteiger partial charge in [0.15, 0.2) is 0 Å². The number of piperazine rings is 1. The Bertz CT molecular complexity index is 329. The standard InChI is InChI=1S/C13H24N4O2/c1-10-8-14-6-7-17(10)9-12(18)16-13(19)15-11-4-2-3-5-11/h10-11,14H,2-9H2,1H3,(H2,15,16,18,19)/t10-/m0/s1. The molecule has 2 rings (SSSR count). The summed E-state index contributed by atoms with van der Waals surface area (Å²) in [5.74, 6) is -0.218. The summed E-state index contributed by atoms with van der Waals surface area (Å²) in [5.41, 5.74) is 0. The van der Waals surface area contributed by atoms with Crippen LogP contribution in [0.2, 0.25) is 0 Å². The molecule has 6 heteroatoms. The Hall–Kier alpha value is -1.14. The number of carbonyl (C=O) groups excluding carboxylic acids is 2. The minimum absolute atomic E-state index is 0.218. The number of urea groups is 1. The topological polar surface area (TPSA) is 73.5 Å². The molecule has 1 heterocycles. The van der Waals surface area contributed by atoms with Gasteiger partial charge in [0, 0.05) is 31.7 Å². The van der Waals surface area contributed by atoms with Crippen LogP contribution in [0.4, 0.5) is 4.79 Å². The molecule has 1 saturated carbocycles. The summed E-state index contributed by atoms with van der Waals surface area (Å²) in [6.45, 7) is 5.01. The maximum Gasteiger partial charge on any atom is 0.321 e. The maximum atomic E-state index is 11.8. The van der Waals surface area contributed by atoms with Crippen LogP contribution in [0.5, 0.6) is 0 Å². The number of hydrogen-bond acceptors (Lipinski definition) is 4. The quantitative estimate of drug-likeness (QED) is 0.676. The molecule has 19 heavy (non-hydrogen) atoms. The molecule has 1 aliphatic carbocycles. The van der Waals surface area contributed by atoms with E-state index in [1.54, 1.807) is 0 Å². The second kappa shape index (κ2) is 6.86. The maximum absolute atomic E-state index is 11.8. The third-order valence-corrected chi connectivity index (χ3v) is 3.93. The van der Waals surface area contributed by atoms with Crippen molar-refractivity contribution in [3.8, 4) is 0 Å². The van der Waals surface area contributed by atoms with Crippen molar-refractivity contribution in [1.29, 1.82) is 0 Å². The van der Waals surface area contributed by atoms with Crippen molar-refractivity contribution in [2.75, 3.05) is 26.2 Å². The van der Waals surface area contributed by atoms with Crippen molar-refractivity contribution in [3.05, 3.63) is 0 Å². The van der Waals surface area contributed by atoms with Crippen LogP contribution >= 0.6 is 0 Å². The van der Waals surface area contributed by atoms with E-state index in [4.69, 9.17) is 0 Å². The van der Waals surface area contributed by atoms with Gasteiger partial charge in [0.25, 0.3) is 0 Å². The molecule has 6 nitrogen and oxygen atoms in total. The molecule has 0 unspecified atom stereocenters. The zero-order chi connectivity index (χ0) is 13.7. The predicted molar refractivity (Wildman–Crippen MR) is 72.8 cm³/mol. The summed E-state index contributed by atoms with van der Waals surface area (Å²) in [5, 5.41) is 8.55. The number of rotatable bonds is 3. The van der Waals surface area contributed by atoms with Gasteiger partial charge in [-0.15, -0.1) is 0 Å². The molecule has 3 amide bonds. The number of hydrogen-bond donors (Lipinski definition) is 3. The average Bonchev–Trinajstić information content (AvgIpc) is 2.84. The van der Waals surface area contributed by atoms with Crippen LogP contribution in [0, 0.1) is 0 Å². The van der Waals surface area contributed by atoms with Gasteiger partial charge in [-0.1, -0.05) is 12.8 Å². The highest BCUT2D eigenvalue weighted by atomic mass is 16.2. The van der Waals surface area contributed by atoms with Gasteiger partial charge in [0.2, 0.25) is 5.91 Å². The summed E-state index contributed by atoms with van der Waals surface area (Å²) < 4.78 is 0. The largest absolute Gasteiger partial charge is 0.335 e. The minimum atomic E-state index is -0.348. The summed E-state index contributed by atoms with van der Waals surface area (Å²) in [7, 11) is 0. The molecule has 1 saturated heterocycles. The van der Waals surface area contributed by atoms with Crippen LogP contribution < -0.4 is 16.0 Å². The summed E-state index contributed by atoms with van der Waals surface area (Å²) in [6.07, 6.45) is 4.38. The predicted octanol–water partition coefficient (Wildman–Crippen LogP) is 0.0485. The molecule has 1 atom stereocenters. The smallest absolute Gasteiger partial charge is 0.321 e. The monoisotopic (exact) mass is 268 g/mol. The normalized spacial score (nSPS) is 25.2. The van der Waals surface area contributed by atoms with Gasteiger partial charge < -0.3 is 10.6 Å². The van der Waals surface area contributed by atoms with Crippen molar-refractivity contribution in [2.24, 2.45) is 0 Å². The second-order valence-electron chi connectivity index (χ2n) is 5.53. The molecular weight excluding hydrogens is 244 g/mol. The second-order valence-corrected chi connectivity index (χ2v) is 5.53. The zero-order valence-corrected chi connectivity index (χ0v) is 11.6. The Kier molecular flexibility index (Phi) is 5.15. The Morgan fingerprint density at radius 2 is 2.05 bits per heavy atom. The minimum Gasteiger partial charge on any atom is -0.335 e. The van der Waals surface area contributed by atoms with Gasteiger partial charge in [-0.3, -0.25) is 15.0 Å². The van der Waals surface area contributed by atoms with E-state index in [1.807, 2.05) is 0 Å². The molecule has 0 aromatic rings. The van der Waals surface area contributed by atoms with Crippen LogP contribution in [0.3, 0.4) is 0 Å². The fourth-order valence-electron chi connectivity index (χ4n) is 2.76. The van der Waals surface area contributed by atoms with Crippen molar-refractivity contribution in [1.82, 2.24) is 20.9 Å². The summed E-state index contributed by atoms with van der Waals surface area (Å²) in [4.78, 5) is 25.6. The van der Waals surface area contributed by atoms with E-state index in [0.29, 0.717) is 12.6 Å². The van der Waals surface area contributed by atoms with E-state index in [-0.39, 0.29) is 18.0 Å². The van der Waals surface area contributed by atoms with Gasteiger partial charge in [0.05, 0.1) is 6.54 Å². The van der Waals surface area contributed by atoms with Crippen LogP contribution in [-0.2, 0) is 4.79 Å². The Morgan fingerprint density at radius 3 is 2.74 bits per heavy atom. The highest BCUT2D eigenvalue weighted by Crippen LogP contribution is 2.17. The fraction of sp³-hybridized carbons (Fsp3) is 0.846. The lowest BCUT2D eigenvalue weighted by Gasteiger charge is -2.33. The molecule has 0 spiro atoms. The van der Waals surface area contributed by atoms with Gasteiger partial charge in [-0.05, 0) is 19.8 Å². The fourth-order valence-corrected chi connectivity index (χ4v) is 2.76. The van der Waals surface area contributed by atoms with Gasteiger partial charge in [-0.25, -0.2) is 4.79 Å². The number of carbonyl (C=O) groups is 2. The summed E-state index contributed by atoms with van der Waals surface area (Å²) >= 11 is 0. The third kappa shape index (κ3) is 4.47. The van der Waals surface area contributed by atoms with E-state index in [9.17, 15) is 9.59 Å². The average molecular weight is 268 g/mol. The van der Waals surface area contributed by atoms with Gasteiger partial charge in [0.1, 0.15) is 0 Å². The number of nitrogens with one attached hydrogen (secondary N) is 3. The highest BCUT2D eigenvalue weighted by molar-refractivity contribution is 5.95. The number of nitrogens with zero attached hydrogens (tertiary/aromatic N) is 1. The summed E-state index contributed by atoms with van der Waals surface area (Å²) in [6, 6.07) is 0.225. The van der Waals surface area contributed by atoms with E-state index < -0.39 is 0 Å². The Labute approximate surface area is 114 Å². The first kappa shape index (κ1) is 14.3. The van der Waals surface area contributed by atoms with Crippen LogP contribution in [0.15, 0.2) is 0 Å². The molecule has 2 fully saturated rings. The van der Waals surface area contributed by atoms with Crippen molar-refractivity contribution in [2.45, 2.75) is 44.7 Å². The van der Waals surface area contributed by atoms with Gasteiger partial charge in [-0.2, -0.15) is 0 Å². The molecular formula is C13H24N4O2. The number of amides is 3. The van der Waals surface area contributed by atoms with E-state index in [2.05, 4.69) is 27.8 Å². The van der Waals surface area contributed by atoms with Crippen LogP contribution in [0.25, 0.3) is 0 Å². The van der Waals surface area contributed by atoms with Crippen LogP contribution in [-0.4, -0.2) is 55.1 Å². The van der Waals surface area contributed by atoms with E-state index in [1.165, 1.54) is 0 Å². The number of imide groups is 1. The molecule has 0 radical (unpaired) electrons. The van der Waals surface area contributed by atoms with Crippen LogP contribution in [0.1, 0.15) is 32.6 Å². The van der Waals surface area contributed by atoms with Crippen molar-refractivity contribution < 1.29 is 9.59 Å². The van der Waals surface area contributed by atoms with Crippen molar-refractivity contribution >= 4 is 11.9 Å². The SMILES string of the molecule is C[C@H]1CNCCN1CC(=O)NC(=O)NC1CCCC1. The molecule has 0 aromatic carbocycles. The van der Waals surface area contributed by atoms with E-state index in [0.717, 1.165) is 45.3 Å². The highest BCUT2D eigenvalue weighted by Gasteiger charge is 2.22.